The Bertz CT molecular complexity index is 840. The minimum absolute atomic E-state index is 0.113. The van der Waals surface area contributed by atoms with Gasteiger partial charge < -0.3 is 14.1 Å². The van der Waals surface area contributed by atoms with E-state index in [0.717, 1.165) is 11.8 Å². The first-order chi connectivity index (χ1) is 11.3. The number of aromatic nitrogens is 3. The Balaban J connectivity index is 1.58. The predicted molar refractivity (Wildman–Crippen MR) is 82.3 cm³/mol. The molecule has 1 amide bonds. The molecule has 7 heteroatoms. The number of benzene rings is 1. The number of carbonyl (C=O) groups excluding carboxylic acids is 1. The van der Waals surface area contributed by atoms with Crippen LogP contribution in [0.4, 0.5) is 0 Å². The largest absolute Gasteiger partial charge is 0.493 e. The van der Waals surface area contributed by atoms with E-state index in [4.69, 9.17) is 9.15 Å². The van der Waals surface area contributed by atoms with Crippen LogP contribution in [-0.2, 0) is 0 Å². The van der Waals surface area contributed by atoms with Crippen LogP contribution in [0.1, 0.15) is 23.0 Å². The van der Waals surface area contributed by atoms with Crippen LogP contribution >= 0.6 is 0 Å². The molecule has 1 atom stereocenters. The lowest BCUT2D eigenvalue weighted by molar-refractivity contribution is 0.0757. The molecule has 2 aromatic heterocycles. The standard InChI is InChI=1S/C16H16N4O3/c1-22-13-4-2-3-11-9-14(23-15(11)13)16(21)19-8-5-12(10-19)20-17-6-7-18-20/h2-4,6-7,9,12H,5,8,10H2,1H3. The van der Waals surface area contributed by atoms with Gasteiger partial charge in [-0.25, -0.2) is 0 Å². The average Bonchev–Trinajstić information content (AvgIpc) is 3.32. The zero-order valence-electron chi connectivity index (χ0n) is 12.7. The Labute approximate surface area is 132 Å². The second-order valence-electron chi connectivity index (χ2n) is 5.53. The summed E-state index contributed by atoms with van der Waals surface area (Å²) in [6.07, 6.45) is 4.13. The summed E-state index contributed by atoms with van der Waals surface area (Å²) in [5, 5.41) is 9.16. The summed E-state index contributed by atoms with van der Waals surface area (Å²) in [5.41, 5.74) is 0.600. The number of rotatable bonds is 3. The molecule has 1 aliphatic rings. The maximum Gasteiger partial charge on any atom is 0.289 e. The molecule has 1 aromatic carbocycles. The Morgan fingerprint density at radius 2 is 2.17 bits per heavy atom. The van der Waals surface area contributed by atoms with E-state index in [9.17, 15) is 4.79 Å². The van der Waals surface area contributed by atoms with Crippen LogP contribution in [0, 0.1) is 0 Å². The third-order valence-corrected chi connectivity index (χ3v) is 4.15. The van der Waals surface area contributed by atoms with Crippen LogP contribution in [0.3, 0.4) is 0 Å². The van der Waals surface area contributed by atoms with E-state index in [1.54, 1.807) is 35.3 Å². The fourth-order valence-corrected chi connectivity index (χ4v) is 2.99. The SMILES string of the molecule is COc1cccc2cc(C(=O)N3CCC(n4nccn4)C3)oc12. The number of furan rings is 1. The predicted octanol–water partition coefficient (Wildman–Crippen LogP) is 2.12. The van der Waals surface area contributed by atoms with Gasteiger partial charge in [-0.3, -0.25) is 4.79 Å². The first-order valence-electron chi connectivity index (χ1n) is 7.48. The molecule has 0 bridgehead atoms. The molecule has 118 valence electrons. The van der Waals surface area contributed by atoms with E-state index in [0.29, 0.717) is 30.2 Å². The number of hydrogen-bond acceptors (Lipinski definition) is 5. The Morgan fingerprint density at radius 3 is 2.96 bits per heavy atom. The smallest absolute Gasteiger partial charge is 0.289 e. The summed E-state index contributed by atoms with van der Waals surface area (Å²) in [4.78, 5) is 16.1. The van der Waals surface area contributed by atoms with Gasteiger partial charge in [-0.2, -0.15) is 15.0 Å². The highest BCUT2D eigenvalue weighted by molar-refractivity contribution is 5.97. The van der Waals surface area contributed by atoms with Gasteiger partial charge in [-0.1, -0.05) is 12.1 Å². The van der Waals surface area contributed by atoms with E-state index in [2.05, 4.69) is 10.2 Å². The van der Waals surface area contributed by atoms with Crippen molar-refractivity contribution in [3.63, 3.8) is 0 Å². The molecule has 3 aromatic rings. The van der Waals surface area contributed by atoms with Crippen LogP contribution in [-0.4, -0.2) is 46.0 Å². The third-order valence-electron chi connectivity index (χ3n) is 4.15. The van der Waals surface area contributed by atoms with Gasteiger partial charge in [-0.15, -0.1) is 0 Å². The topological polar surface area (TPSA) is 73.4 Å². The van der Waals surface area contributed by atoms with Gasteiger partial charge in [0.2, 0.25) is 0 Å². The van der Waals surface area contributed by atoms with Crippen LogP contribution < -0.4 is 4.74 Å². The highest BCUT2D eigenvalue weighted by Crippen LogP contribution is 2.30. The second-order valence-corrected chi connectivity index (χ2v) is 5.53. The van der Waals surface area contributed by atoms with E-state index >= 15 is 0 Å². The molecule has 0 N–H and O–H groups in total. The van der Waals surface area contributed by atoms with Crippen molar-refractivity contribution < 1.29 is 13.9 Å². The third kappa shape index (κ3) is 2.34. The molecule has 0 aliphatic carbocycles. The second kappa shape index (κ2) is 5.42. The van der Waals surface area contributed by atoms with Crippen LogP contribution in [0.25, 0.3) is 11.0 Å². The normalized spacial score (nSPS) is 17.8. The minimum Gasteiger partial charge on any atom is -0.493 e. The van der Waals surface area contributed by atoms with Crippen molar-refractivity contribution in [2.24, 2.45) is 0 Å². The van der Waals surface area contributed by atoms with Gasteiger partial charge in [0.15, 0.2) is 17.1 Å². The van der Waals surface area contributed by atoms with E-state index in [-0.39, 0.29) is 11.9 Å². The van der Waals surface area contributed by atoms with Crippen molar-refractivity contribution >= 4 is 16.9 Å². The molecule has 1 saturated heterocycles. The van der Waals surface area contributed by atoms with E-state index in [1.807, 2.05) is 18.2 Å². The lowest BCUT2D eigenvalue weighted by atomic mass is 10.2. The first-order valence-corrected chi connectivity index (χ1v) is 7.48. The number of para-hydroxylation sites is 1. The Kier molecular flexibility index (Phi) is 3.25. The van der Waals surface area contributed by atoms with Gasteiger partial charge in [0, 0.05) is 18.5 Å². The Hall–Kier alpha value is -2.83. The summed E-state index contributed by atoms with van der Waals surface area (Å²) < 4.78 is 11.0. The molecule has 0 radical (unpaired) electrons. The highest BCUT2D eigenvalue weighted by atomic mass is 16.5. The zero-order chi connectivity index (χ0) is 15.8. The van der Waals surface area contributed by atoms with E-state index in [1.165, 1.54) is 0 Å². The minimum atomic E-state index is -0.113. The molecular formula is C16H16N4O3. The maximum absolute atomic E-state index is 12.7. The van der Waals surface area contributed by atoms with Crippen molar-refractivity contribution in [2.75, 3.05) is 20.2 Å². The van der Waals surface area contributed by atoms with E-state index < -0.39 is 0 Å². The van der Waals surface area contributed by atoms with Crippen LogP contribution in [0.5, 0.6) is 5.75 Å². The molecule has 1 fully saturated rings. The van der Waals surface area contributed by atoms with Crippen LogP contribution in [0.2, 0.25) is 0 Å². The van der Waals surface area contributed by atoms with Gasteiger partial charge in [0.1, 0.15) is 0 Å². The Morgan fingerprint density at radius 1 is 1.35 bits per heavy atom. The highest BCUT2D eigenvalue weighted by Gasteiger charge is 2.30. The van der Waals surface area contributed by atoms with Gasteiger partial charge in [0.05, 0.1) is 25.5 Å². The number of methoxy groups -OCH3 is 1. The summed E-state index contributed by atoms with van der Waals surface area (Å²) in [6.45, 7) is 1.25. The van der Waals surface area contributed by atoms with Crippen molar-refractivity contribution in [3.8, 4) is 5.75 Å². The molecule has 4 rings (SSSR count). The van der Waals surface area contributed by atoms with Crippen LogP contribution in [0.15, 0.2) is 41.1 Å². The molecule has 0 saturated carbocycles. The summed E-state index contributed by atoms with van der Waals surface area (Å²) in [5.74, 6) is 0.845. The molecule has 3 heterocycles. The summed E-state index contributed by atoms with van der Waals surface area (Å²) in [7, 11) is 1.58. The quantitative estimate of drug-likeness (QED) is 0.740. The van der Waals surface area contributed by atoms with Gasteiger partial charge in [0.25, 0.3) is 5.91 Å². The van der Waals surface area contributed by atoms with Gasteiger partial charge in [-0.05, 0) is 18.6 Å². The number of likely N-dealkylation sites (tertiary alicyclic amines) is 1. The molecule has 7 nitrogen and oxygen atoms in total. The van der Waals surface area contributed by atoms with Crippen molar-refractivity contribution in [1.29, 1.82) is 0 Å². The number of nitrogens with zero attached hydrogens (tertiary/aromatic N) is 4. The zero-order valence-corrected chi connectivity index (χ0v) is 12.7. The number of carbonyl (C=O) groups is 1. The van der Waals surface area contributed by atoms with Crippen molar-refractivity contribution in [2.45, 2.75) is 12.5 Å². The first kappa shape index (κ1) is 13.8. The van der Waals surface area contributed by atoms with Gasteiger partial charge >= 0.3 is 0 Å². The molecule has 1 aliphatic heterocycles. The van der Waals surface area contributed by atoms with Crippen molar-refractivity contribution in [3.05, 3.63) is 42.4 Å². The molecular weight excluding hydrogens is 296 g/mol. The number of ether oxygens (including phenoxy) is 1. The fraction of sp³-hybridized carbons (Fsp3) is 0.312. The lowest BCUT2D eigenvalue weighted by Gasteiger charge is -2.14. The molecule has 1 unspecified atom stereocenters. The summed E-state index contributed by atoms with van der Waals surface area (Å²) in [6, 6.07) is 7.47. The number of fused-ring (bicyclic) bond motifs is 1. The fourth-order valence-electron chi connectivity index (χ4n) is 2.99. The molecule has 0 spiro atoms. The number of hydrogen-bond donors (Lipinski definition) is 0. The average molecular weight is 312 g/mol. The monoisotopic (exact) mass is 312 g/mol. The molecule has 23 heavy (non-hydrogen) atoms. The number of amides is 1. The lowest BCUT2D eigenvalue weighted by Crippen LogP contribution is -2.29. The summed E-state index contributed by atoms with van der Waals surface area (Å²) >= 11 is 0. The van der Waals surface area contributed by atoms with Crippen molar-refractivity contribution in [1.82, 2.24) is 19.9 Å². The maximum atomic E-state index is 12.7.